The molecule has 0 saturated heterocycles. The lowest BCUT2D eigenvalue weighted by Gasteiger charge is -2.08. The summed E-state index contributed by atoms with van der Waals surface area (Å²) in [6.07, 6.45) is 0.0444. The average molecular weight is 254 g/mol. The van der Waals surface area contributed by atoms with Crippen molar-refractivity contribution >= 4 is 22.9 Å². The Kier molecular flexibility index (Phi) is 3.59. The number of nitrogens with zero attached hydrogens (tertiary/aromatic N) is 1. The molecule has 0 aliphatic rings. The summed E-state index contributed by atoms with van der Waals surface area (Å²) in [5, 5.41) is 13.6. The molecule has 0 radical (unpaired) electrons. The van der Waals surface area contributed by atoms with Crippen molar-refractivity contribution in [1.29, 1.82) is 0 Å². The summed E-state index contributed by atoms with van der Waals surface area (Å²) in [4.78, 5) is 4.33. The van der Waals surface area contributed by atoms with Crippen LogP contribution in [0.5, 0.6) is 0 Å². The van der Waals surface area contributed by atoms with Crippen LogP contribution in [0.1, 0.15) is 22.4 Å². The molecule has 1 N–H and O–H groups in total. The maximum Gasteiger partial charge on any atom is 0.0957 e. The maximum atomic E-state index is 10.00. The largest absolute Gasteiger partial charge is 0.388 e. The lowest BCUT2D eigenvalue weighted by molar-refractivity contribution is 0.178. The Morgan fingerprint density at radius 3 is 2.62 bits per heavy atom. The lowest BCUT2D eigenvalue weighted by atomic mass is 10.1. The monoisotopic (exact) mass is 253 g/mol. The smallest absolute Gasteiger partial charge is 0.0957 e. The molecule has 1 aromatic carbocycles. The Hall–Kier alpha value is -0.900. The summed E-state index contributed by atoms with van der Waals surface area (Å²) in [7, 11) is 0. The van der Waals surface area contributed by atoms with Crippen LogP contribution >= 0.6 is 22.9 Å². The van der Waals surface area contributed by atoms with Gasteiger partial charge in [0.05, 0.1) is 11.1 Å². The third-order valence-corrected chi connectivity index (χ3v) is 3.53. The molecule has 1 unspecified atom stereocenters. The molecule has 0 spiro atoms. The highest BCUT2D eigenvalue weighted by molar-refractivity contribution is 7.09. The topological polar surface area (TPSA) is 33.1 Å². The Labute approximate surface area is 104 Å². The molecule has 0 fully saturated rings. The summed E-state index contributed by atoms with van der Waals surface area (Å²) in [6.45, 7) is 1.95. The molecule has 1 aromatic heterocycles. The van der Waals surface area contributed by atoms with Gasteiger partial charge in [0.15, 0.2) is 0 Å². The van der Waals surface area contributed by atoms with Gasteiger partial charge in [0.1, 0.15) is 0 Å². The van der Waals surface area contributed by atoms with E-state index >= 15 is 0 Å². The second kappa shape index (κ2) is 4.95. The third-order valence-electron chi connectivity index (χ3n) is 2.29. The molecule has 0 saturated carbocycles. The number of aryl methyl sites for hydroxylation is 1. The van der Waals surface area contributed by atoms with Crippen LogP contribution in [-0.4, -0.2) is 10.1 Å². The first-order valence-electron chi connectivity index (χ1n) is 4.99. The number of aliphatic hydroxyl groups is 1. The number of aliphatic hydroxyl groups excluding tert-OH is 1. The highest BCUT2D eigenvalue weighted by atomic mass is 35.5. The molecule has 1 atom stereocenters. The minimum atomic E-state index is -0.511. The van der Waals surface area contributed by atoms with E-state index in [4.69, 9.17) is 11.6 Å². The van der Waals surface area contributed by atoms with Crippen LogP contribution < -0.4 is 0 Å². The molecular weight excluding hydrogens is 242 g/mol. The van der Waals surface area contributed by atoms with Gasteiger partial charge in [-0.15, -0.1) is 11.3 Å². The zero-order valence-corrected chi connectivity index (χ0v) is 10.4. The van der Waals surface area contributed by atoms with Gasteiger partial charge in [-0.05, 0) is 24.6 Å². The molecule has 0 amide bonds. The zero-order chi connectivity index (χ0) is 11.5. The fourth-order valence-corrected chi connectivity index (χ4v) is 2.40. The molecule has 2 rings (SSSR count). The average Bonchev–Trinajstić information content (AvgIpc) is 2.65. The third kappa shape index (κ3) is 2.82. The number of benzene rings is 1. The van der Waals surface area contributed by atoms with Gasteiger partial charge in [-0.1, -0.05) is 23.7 Å². The number of hydrogen-bond acceptors (Lipinski definition) is 3. The van der Waals surface area contributed by atoms with E-state index in [1.54, 1.807) is 23.5 Å². The van der Waals surface area contributed by atoms with Gasteiger partial charge in [0, 0.05) is 22.5 Å². The molecule has 84 valence electrons. The fraction of sp³-hybridized carbons (Fsp3) is 0.250. The van der Waals surface area contributed by atoms with Crippen LogP contribution in [-0.2, 0) is 6.42 Å². The quantitative estimate of drug-likeness (QED) is 0.910. The Morgan fingerprint density at radius 1 is 1.38 bits per heavy atom. The van der Waals surface area contributed by atoms with Crippen molar-refractivity contribution in [3.63, 3.8) is 0 Å². The SMILES string of the molecule is Cc1csc(CC(O)c2ccc(Cl)cc2)n1. The zero-order valence-electron chi connectivity index (χ0n) is 8.85. The molecule has 2 aromatic rings. The van der Waals surface area contributed by atoms with E-state index in [0.717, 1.165) is 16.3 Å². The van der Waals surface area contributed by atoms with Gasteiger partial charge in [-0.2, -0.15) is 0 Å². The van der Waals surface area contributed by atoms with Gasteiger partial charge < -0.3 is 5.11 Å². The summed E-state index contributed by atoms with van der Waals surface area (Å²) >= 11 is 7.37. The summed E-state index contributed by atoms with van der Waals surface area (Å²) < 4.78 is 0. The van der Waals surface area contributed by atoms with Gasteiger partial charge >= 0.3 is 0 Å². The van der Waals surface area contributed by atoms with E-state index in [1.165, 1.54) is 0 Å². The fourth-order valence-electron chi connectivity index (χ4n) is 1.46. The van der Waals surface area contributed by atoms with E-state index < -0.39 is 6.10 Å². The number of halogens is 1. The number of thiazole rings is 1. The molecule has 0 bridgehead atoms. The minimum Gasteiger partial charge on any atom is -0.388 e. The Morgan fingerprint density at radius 2 is 2.06 bits per heavy atom. The van der Waals surface area contributed by atoms with E-state index in [9.17, 15) is 5.11 Å². The van der Waals surface area contributed by atoms with Crippen LogP contribution in [0, 0.1) is 6.92 Å². The van der Waals surface area contributed by atoms with E-state index in [-0.39, 0.29) is 0 Å². The van der Waals surface area contributed by atoms with Crippen molar-refractivity contribution < 1.29 is 5.11 Å². The maximum absolute atomic E-state index is 10.00. The number of hydrogen-bond donors (Lipinski definition) is 1. The predicted octanol–water partition coefficient (Wildman–Crippen LogP) is 3.38. The van der Waals surface area contributed by atoms with Gasteiger partial charge in [-0.3, -0.25) is 0 Å². The molecular formula is C12H12ClNOS. The summed E-state index contributed by atoms with van der Waals surface area (Å²) in [5.41, 5.74) is 1.88. The van der Waals surface area contributed by atoms with Crippen LogP contribution in [0.15, 0.2) is 29.6 Å². The first kappa shape index (κ1) is 11.6. The van der Waals surface area contributed by atoms with Crippen LogP contribution in [0.25, 0.3) is 0 Å². The molecule has 4 heteroatoms. The van der Waals surface area contributed by atoms with Crippen molar-refractivity contribution in [2.75, 3.05) is 0 Å². The van der Waals surface area contributed by atoms with Crippen LogP contribution in [0.4, 0.5) is 0 Å². The summed E-state index contributed by atoms with van der Waals surface area (Å²) in [6, 6.07) is 7.25. The van der Waals surface area contributed by atoms with Crippen LogP contribution in [0.2, 0.25) is 5.02 Å². The first-order chi connectivity index (χ1) is 7.65. The van der Waals surface area contributed by atoms with Crippen molar-refractivity contribution in [2.24, 2.45) is 0 Å². The normalized spacial score (nSPS) is 12.7. The van der Waals surface area contributed by atoms with Crippen molar-refractivity contribution in [3.05, 3.63) is 50.9 Å². The summed E-state index contributed by atoms with van der Waals surface area (Å²) in [5.74, 6) is 0. The second-order valence-electron chi connectivity index (χ2n) is 3.65. The van der Waals surface area contributed by atoms with E-state index in [0.29, 0.717) is 11.4 Å². The Bertz CT molecular complexity index is 466. The standard InChI is InChI=1S/C12H12ClNOS/c1-8-7-16-12(14-8)6-11(15)9-2-4-10(13)5-3-9/h2-5,7,11,15H,6H2,1H3. The molecule has 1 heterocycles. The highest BCUT2D eigenvalue weighted by Crippen LogP contribution is 2.21. The van der Waals surface area contributed by atoms with E-state index in [1.807, 2.05) is 24.4 Å². The molecule has 0 aliphatic heterocycles. The van der Waals surface area contributed by atoms with E-state index in [2.05, 4.69) is 4.98 Å². The molecule has 0 aliphatic carbocycles. The van der Waals surface area contributed by atoms with Gasteiger partial charge in [-0.25, -0.2) is 4.98 Å². The predicted molar refractivity (Wildman–Crippen MR) is 67.0 cm³/mol. The van der Waals surface area contributed by atoms with Gasteiger partial charge in [0.2, 0.25) is 0 Å². The highest BCUT2D eigenvalue weighted by Gasteiger charge is 2.10. The number of aromatic nitrogens is 1. The number of rotatable bonds is 3. The molecule has 16 heavy (non-hydrogen) atoms. The van der Waals surface area contributed by atoms with Crippen molar-refractivity contribution in [1.82, 2.24) is 4.98 Å². The van der Waals surface area contributed by atoms with Crippen molar-refractivity contribution in [3.8, 4) is 0 Å². The minimum absolute atomic E-state index is 0.511. The molecule has 2 nitrogen and oxygen atoms in total. The van der Waals surface area contributed by atoms with Crippen molar-refractivity contribution in [2.45, 2.75) is 19.4 Å². The lowest BCUT2D eigenvalue weighted by Crippen LogP contribution is -2.01. The Balaban J connectivity index is 2.08. The first-order valence-corrected chi connectivity index (χ1v) is 6.25. The van der Waals surface area contributed by atoms with Crippen LogP contribution in [0.3, 0.4) is 0 Å². The van der Waals surface area contributed by atoms with Gasteiger partial charge in [0.25, 0.3) is 0 Å². The second-order valence-corrected chi connectivity index (χ2v) is 5.03.